The van der Waals surface area contributed by atoms with Crippen molar-refractivity contribution in [1.29, 1.82) is 5.41 Å². The Hall–Kier alpha value is -3.39. The first-order valence-electron chi connectivity index (χ1n) is 12.3. The minimum Gasteiger partial charge on any atom is -0.474 e. The van der Waals surface area contributed by atoms with Crippen LogP contribution in [0.4, 0.5) is 5.69 Å². The SMILES string of the molecule is CC(=O)N(C)C1CCN(CCCCCN2C(=O)C(c3cccc(C(=N)N)c3)Oc3ccccc32)C1. The molecular weight excluding hydrogens is 442 g/mol. The molecule has 2 heterocycles. The molecule has 0 radical (unpaired) electrons. The van der Waals surface area contributed by atoms with Crippen LogP contribution in [0.2, 0.25) is 0 Å². The van der Waals surface area contributed by atoms with Crippen LogP contribution >= 0.6 is 0 Å². The van der Waals surface area contributed by atoms with Crippen molar-refractivity contribution in [3.8, 4) is 5.75 Å². The Morgan fingerprint density at radius 3 is 2.69 bits per heavy atom. The van der Waals surface area contributed by atoms with Crippen LogP contribution < -0.4 is 15.4 Å². The molecule has 1 saturated heterocycles. The van der Waals surface area contributed by atoms with E-state index < -0.39 is 6.10 Å². The van der Waals surface area contributed by atoms with E-state index in [2.05, 4.69) is 4.90 Å². The zero-order chi connectivity index (χ0) is 24.9. The van der Waals surface area contributed by atoms with Crippen LogP contribution in [0, 0.1) is 5.41 Å². The van der Waals surface area contributed by atoms with Gasteiger partial charge in [0.25, 0.3) is 5.91 Å². The van der Waals surface area contributed by atoms with Crippen LogP contribution in [-0.2, 0) is 9.59 Å². The Bertz CT molecular complexity index is 1090. The van der Waals surface area contributed by atoms with Crippen LogP contribution in [0.1, 0.15) is 49.8 Å². The van der Waals surface area contributed by atoms with Crippen LogP contribution in [-0.4, -0.2) is 66.7 Å². The number of nitrogens with zero attached hydrogens (tertiary/aromatic N) is 3. The van der Waals surface area contributed by atoms with Gasteiger partial charge in [-0.1, -0.05) is 36.8 Å². The molecule has 8 heteroatoms. The molecule has 186 valence electrons. The highest BCUT2D eigenvalue weighted by atomic mass is 16.5. The molecule has 2 aromatic rings. The molecule has 2 unspecified atom stereocenters. The van der Waals surface area contributed by atoms with Crippen LogP contribution in [0.15, 0.2) is 48.5 Å². The van der Waals surface area contributed by atoms with Crippen LogP contribution in [0.5, 0.6) is 5.75 Å². The number of amidine groups is 1. The van der Waals surface area contributed by atoms with Crippen LogP contribution in [0.25, 0.3) is 0 Å². The van der Waals surface area contributed by atoms with Gasteiger partial charge in [-0.05, 0) is 44.0 Å². The van der Waals surface area contributed by atoms with Crippen LogP contribution in [0.3, 0.4) is 0 Å². The maximum atomic E-state index is 13.5. The average Bonchev–Trinajstić information content (AvgIpc) is 3.33. The number of amides is 2. The van der Waals surface area contributed by atoms with Gasteiger partial charge in [0.2, 0.25) is 12.0 Å². The van der Waals surface area contributed by atoms with Crippen molar-refractivity contribution in [3.05, 3.63) is 59.7 Å². The van der Waals surface area contributed by atoms with E-state index in [-0.39, 0.29) is 17.6 Å². The molecule has 0 saturated carbocycles. The molecule has 2 amide bonds. The Labute approximate surface area is 207 Å². The number of para-hydroxylation sites is 2. The predicted molar refractivity (Wildman–Crippen MR) is 137 cm³/mol. The zero-order valence-corrected chi connectivity index (χ0v) is 20.6. The molecule has 0 aliphatic carbocycles. The van der Waals surface area contributed by atoms with Crippen molar-refractivity contribution >= 4 is 23.3 Å². The summed E-state index contributed by atoms with van der Waals surface area (Å²) in [5, 5.41) is 7.72. The van der Waals surface area contributed by atoms with Gasteiger partial charge in [0.1, 0.15) is 11.6 Å². The molecule has 1 fully saturated rings. The third-order valence-electron chi connectivity index (χ3n) is 7.04. The topological polar surface area (TPSA) is 103 Å². The highest BCUT2D eigenvalue weighted by Crippen LogP contribution is 2.39. The lowest BCUT2D eigenvalue weighted by atomic mass is 10.0. The summed E-state index contributed by atoms with van der Waals surface area (Å²) < 4.78 is 6.10. The largest absolute Gasteiger partial charge is 0.474 e. The van der Waals surface area contributed by atoms with Gasteiger partial charge in [-0.25, -0.2) is 0 Å². The fourth-order valence-electron chi connectivity index (χ4n) is 4.90. The lowest BCUT2D eigenvalue weighted by Gasteiger charge is -2.34. The second kappa shape index (κ2) is 10.9. The quantitative estimate of drug-likeness (QED) is 0.328. The number of ether oxygens (including phenoxy) is 1. The normalized spacial score (nSPS) is 19.8. The highest BCUT2D eigenvalue weighted by Gasteiger charge is 2.35. The minimum absolute atomic E-state index is 0.0374. The number of carbonyl (C=O) groups excluding carboxylic acids is 2. The van der Waals surface area contributed by atoms with E-state index in [0.717, 1.165) is 51.0 Å². The number of benzene rings is 2. The fourth-order valence-corrected chi connectivity index (χ4v) is 4.90. The van der Waals surface area contributed by atoms with E-state index >= 15 is 0 Å². The number of likely N-dealkylation sites (tertiary alicyclic amines) is 1. The number of nitrogens with one attached hydrogen (secondary N) is 1. The van der Waals surface area contributed by atoms with E-state index in [1.807, 2.05) is 47.2 Å². The standard InChI is InChI=1S/C27H35N5O3/c1-19(33)30(2)22-13-16-31(18-22)14-6-3-7-15-32-23-11-4-5-12-24(23)35-25(27(32)34)20-9-8-10-21(17-20)26(28)29/h4-5,8-12,17,22,25H,3,6-7,13-16,18H2,1-2H3,(H3,28,29). The lowest BCUT2D eigenvalue weighted by Crippen LogP contribution is -2.41. The fraction of sp³-hybridized carbons (Fsp3) is 0.444. The number of nitrogens with two attached hydrogens (primary N) is 1. The first-order valence-corrected chi connectivity index (χ1v) is 12.3. The van der Waals surface area contributed by atoms with E-state index in [9.17, 15) is 9.59 Å². The Morgan fingerprint density at radius 2 is 1.91 bits per heavy atom. The Kier molecular flexibility index (Phi) is 7.70. The molecule has 8 nitrogen and oxygen atoms in total. The van der Waals surface area contributed by atoms with Crippen molar-refractivity contribution < 1.29 is 14.3 Å². The van der Waals surface area contributed by atoms with Crippen molar-refractivity contribution in [2.75, 3.05) is 38.1 Å². The van der Waals surface area contributed by atoms with Crippen molar-refractivity contribution in [3.63, 3.8) is 0 Å². The molecule has 0 aromatic heterocycles. The second-order valence-electron chi connectivity index (χ2n) is 9.43. The first kappa shape index (κ1) is 24.7. The van der Waals surface area contributed by atoms with Gasteiger partial charge >= 0.3 is 0 Å². The van der Waals surface area contributed by atoms with Gasteiger partial charge in [0.05, 0.1) is 5.69 Å². The lowest BCUT2D eigenvalue weighted by molar-refractivity contribution is -0.129. The molecule has 2 atom stereocenters. The number of unbranched alkanes of at least 4 members (excludes halogenated alkanes) is 2. The summed E-state index contributed by atoms with van der Waals surface area (Å²) in [6, 6.07) is 15.1. The minimum atomic E-state index is -0.760. The number of anilines is 1. The Balaban J connectivity index is 1.35. The average molecular weight is 478 g/mol. The zero-order valence-electron chi connectivity index (χ0n) is 20.6. The number of rotatable bonds is 9. The third-order valence-corrected chi connectivity index (χ3v) is 7.04. The molecule has 2 aromatic carbocycles. The number of carbonyl (C=O) groups is 2. The summed E-state index contributed by atoms with van der Waals surface area (Å²) in [5.74, 6) is 0.672. The number of likely N-dealkylation sites (N-methyl/N-ethyl adjacent to an activating group) is 1. The summed E-state index contributed by atoms with van der Waals surface area (Å²) in [4.78, 5) is 31.2. The van der Waals surface area contributed by atoms with Crippen molar-refractivity contribution in [2.45, 2.75) is 44.8 Å². The van der Waals surface area contributed by atoms with E-state index in [1.54, 1.807) is 25.1 Å². The Morgan fingerprint density at radius 1 is 1.14 bits per heavy atom. The summed E-state index contributed by atoms with van der Waals surface area (Å²) >= 11 is 0. The highest BCUT2D eigenvalue weighted by molar-refractivity contribution is 6.01. The monoisotopic (exact) mass is 477 g/mol. The van der Waals surface area contributed by atoms with Gasteiger partial charge in [0.15, 0.2) is 0 Å². The number of nitrogen functional groups attached to an aromatic ring is 1. The van der Waals surface area contributed by atoms with E-state index in [1.165, 1.54) is 0 Å². The summed E-state index contributed by atoms with van der Waals surface area (Å²) in [5.41, 5.74) is 7.72. The van der Waals surface area contributed by atoms with Gasteiger partial charge < -0.3 is 25.2 Å². The molecular formula is C27H35N5O3. The molecule has 0 bridgehead atoms. The first-order chi connectivity index (χ1) is 16.8. The van der Waals surface area contributed by atoms with Crippen molar-refractivity contribution in [1.82, 2.24) is 9.80 Å². The third kappa shape index (κ3) is 5.65. The van der Waals surface area contributed by atoms with Gasteiger partial charge in [-0.15, -0.1) is 0 Å². The predicted octanol–water partition coefficient (Wildman–Crippen LogP) is 3.16. The van der Waals surface area contributed by atoms with E-state index in [4.69, 9.17) is 15.9 Å². The summed E-state index contributed by atoms with van der Waals surface area (Å²) in [6.45, 7) is 5.22. The summed E-state index contributed by atoms with van der Waals surface area (Å²) in [6.07, 6.45) is 3.23. The van der Waals surface area contributed by atoms with Gasteiger partial charge in [-0.3, -0.25) is 15.0 Å². The number of hydrogen-bond acceptors (Lipinski definition) is 5. The van der Waals surface area contributed by atoms with E-state index in [0.29, 0.717) is 29.5 Å². The van der Waals surface area contributed by atoms with Gasteiger partial charge in [0, 0.05) is 50.8 Å². The molecule has 2 aliphatic heterocycles. The molecule has 4 rings (SSSR count). The smallest absolute Gasteiger partial charge is 0.272 e. The maximum Gasteiger partial charge on any atom is 0.272 e. The molecule has 2 aliphatic rings. The molecule has 3 N–H and O–H groups in total. The van der Waals surface area contributed by atoms with Crippen molar-refractivity contribution in [2.24, 2.45) is 5.73 Å². The maximum absolute atomic E-state index is 13.5. The number of fused-ring (bicyclic) bond motifs is 1. The molecule has 35 heavy (non-hydrogen) atoms. The molecule has 0 spiro atoms. The second-order valence-corrected chi connectivity index (χ2v) is 9.43. The number of hydrogen-bond donors (Lipinski definition) is 2. The summed E-state index contributed by atoms with van der Waals surface area (Å²) in [7, 11) is 1.89. The van der Waals surface area contributed by atoms with Gasteiger partial charge in [-0.2, -0.15) is 0 Å².